The van der Waals surface area contributed by atoms with Crippen LogP contribution in [0.5, 0.6) is 0 Å². The molecule has 0 aliphatic heterocycles. The zero-order valence-corrected chi connectivity index (χ0v) is 22.6. The number of unbranched alkanes of at least 4 members (excludes halogenated alkanes) is 1. The molecule has 0 saturated heterocycles. The van der Waals surface area contributed by atoms with Crippen molar-refractivity contribution in [1.82, 2.24) is 0 Å². The van der Waals surface area contributed by atoms with E-state index in [1.165, 1.54) is 0 Å². The van der Waals surface area contributed by atoms with Gasteiger partial charge < -0.3 is 5.11 Å². The minimum absolute atomic E-state index is 1.19. The lowest BCUT2D eigenvalue weighted by atomic mass is 9.81. The summed E-state index contributed by atoms with van der Waals surface area (Å²) in [4.78, 5) is 0. The minimum atomic E-state index is -8.36. The maximum atomic E-state index is 15.0. The number of hydrogen-bond acceptors (Lipinski definition) is 1. The molecule has 1 aromatic carbocycles. The van der Waals surface area contributed by atoms with E-state index in [1.807, 2.05) is 0 Å². The third kappa shape index (κ3) is 6.46. The summed E-state index contributed by atoms with van der Waals surface area (Å²) >= 11 is 0. The maximum absolute atomic E-state index is 15.0. The van der Waals surface area contributed by atoms with Gasteiger partial charge in [-0.2, -0.15) is 119 Å². The molecule has 0 bridgehead atoms. The third-order valence-electron chi connectivity index (χ3n) is 6.56. The molecule has 0 heterocycles. The van der Waals surface area contributed by atoms with E-state index in [4.69, 9.17) is 5.11 Å². The van der Waals surface area contributed by atoms with E-state index in [0.717, 1.165) is 0 Å². The highest BCUT2D eigenvalue weighted by Gasteiger charge is 2.85. The quantitative estimate of drug-likeness (QED) is 0.156. The second-order valence-electron chi connectivity index (χ2n) is 9.89. The fourth-order valence-electron chi connectivity index (χ4n) is 3.74. The van der Waals surface area contributed by atoms with E-state index in [2.05, 4.69) is 0 Å². The Bertz CT molecular complexity index is 1290. The molecule has 0 radical (unpaired) electrons. The predicted octanol–water partition coefficient (Wildman–Crippen LogP) is 10.8. The molecule has 1 nitrogen and oxygen atoms in total. The molecule has 0 fully saturated rings. The van der Waals surface area contributed by atoms with Crippen LogP contribution in [-0.4, -0.2) is 65.8 Å². The smallest absolute Gasteiger partial charge is 0.396 e. The summed E-state index contributed by atoms with van der Waals surface area (Å²) in [6, 6.07) is -4.34. The number of rotatable bonds is 13. The first-order chi connectivity index (χ1) is 21.5. The fraction of sp³-hybridized carbons (Fsp3) is 0.727. The van der Waals surface area contributed by atoms with Gasteiger partial charge in [-0.1, -0.05) is 0 Å². The average Bonchev–Trinajstić information content (AvgIpc) is 2.90. The van der Waals surface area contributed by atoms with E-state index >= 15 is 17.6 Å². The summed E-state index contributed by atoms with van der Waals surface area (Å²) in [5.41, 5.74) is -16.1. The first-order valence-corrected chi connectivity index (χ1v) is 11.9. The van der Waals surface area contributed by atoms with Gasteiger partial charge in [0, 0.05) is 23.3 Å². The summed E-state index contributed by atoms with van der Waals surface area (Å²) in [6.45, 7) is -1.38. The molecule has 0 unspecified atom stereocenters. The molecule has 28 heteroatoms. The van der Waals surface area contributed by atoms with E-state index in [0.29, 0.717) is 0 Å². The lowest BCUT2D eigenvalue weighted by Crippen LogP contribution is -2.61. The van der Waals surface area contributed by atoms with E-state index in [-0.39, 0.29) is 0 Å². The molecule has 294 valence electrons. The molecule has 0 atom stereocenters. The molecule has 50 heavy (non-hydrogen) atoms. The lowest BCUT2D eigenvalue weighted by Gasteiger charge is -2.39. The Hall–Kier alpha value is -2.71. The molecule has 0 aliphatic rings. The molecule has 0 aliphatic carbocycles. The highest BCUT2D eigenvalue weighted by atomic mass is 19.4. The monoisotopic (exact) mass is 804 g/mol. The van der Waals surface area contributed by atoms with Crippen molar-refractivity contribution in [3.8, 4) is 0 Å². The largest absolute Gasteiger partial charge is 0.460 e. The van der Waals surface area contributed by atoms with E-state index < -0.39 is 132 Å². The van der Waals surface area contributed by atoms with Crippen molar-refractivity contribution in [2.24, 2.45) is 0 Å². The Morgan fingerprint density at radius 1 is 0.360 bits per heavy atom. The standard InChI is InChI=1S/C22H11F27O/c23-11(24,14(29,30)17(35,36)20(41,42)43)7-5-9(12(25,26)15(31,32)18(37,38)21(44,45)46)8(3-1-2-4-50)10(6-7)13(27,28)16(33,34)19(39,40)22(47,48)49/h5-6,50H,1-4H2. The molecule has 0 spiro atoms. The van der Waals surface area contributed by atoms with Crippen LogP contribution in [0.2, 0.25) is 0 Å². The fourth-order valence-corrected chi connectivity index (χ4v) is 3.74. The van der Waals surface area contributed by atoms with Crippen LogP contribution in [0.25, 0.3) is 0 Å². The second-order valence-corrected chi connectivity index (χ2v) is 9.89. The Balaban J connectivity index is 4.79. The molecule has 1 rings (SSSR count). The zero-order valence-electron chi connectivity index (χ0n) is 22.6. The first kappa shape index (κ1) is 45.3. The number of aliphatic hydroxyl groups is 1. The topological polar surface area (TPSA) is 20.2 Å². The number of hydrogen-bond donors (Lipinski definition) is 1. The second kappa shape index (κ2) is 12.5. The van der Waals surface area contributed by atoms with Gasteiger partial charge in [0.15, 0.2) is 0 Å². The van der Waals surface area contributed by atoms with Crippen molar-refractivity contribution >= 4 is 0 Å². The van der Waals surface area contributed by atoms with Gasteiger partial charge in [0.1, 0.15) is 0 Å². The normalized spacial score (nSPS) is 15.9. The van der Waals surface area contributed by atoms with Gasteiger partial charge in [-0.3, -0.25) is 0 Å². The van der Waals surface area contributed by atoms with Crippen LogP contribution >= 0.6 is 0 Å². The Kier molecular flexibility index (Phi) is 11.3. The summed E-state index contributed by atoms with van der Waals surface area (Å²) < 4.78 is 369. The van der Waals surface area contributed by atoms with Crippen molar-refractivity contribution in [2.45, 2.75) is 91.1 Å². The third-order valence-corrected chi connectivity index (χ3v) is 6.56. The average molecular weight is 804 g/mol. The number of benzene rings is 1. The van der Waals surface area contributed by atoms with Crippen molar-refractivity contribution in [3.63, 3.8) is 0 Å². The van der Waals surface area contributed by atoms with Crippen LogP contribution in [0.15, 0.2) is 12.1 Å². The van der Waals surface area contributed by atoms with Gasteiger partial charge in [-0.25, -0.2) is 0 Å². The summed E-state index contributed by atoms with van der Waals surface area (Å²) in [7, 11) is 0. The van der Waals surface area contributed by atoms with Crippen LogP contribution < -0.4 is 0 Å². The van der Waals surface area contributed by atoms with Crippen molar-refractivity contribution in [3.05, 3.63) is 34.4 Å². The van der Waals surface area contributed by atoms with Crippen LogP contribution in [-0.2, 0) is 24.2 Å². The SMILES string of the molecule is OCCCCc1c(C(F)(F)C(F)(F)C(F)(F)C(F)(F)F)cc(C(F)(F)C(F)(F)C(F)(F)C(F)(F)F)cc1C(F)(F)C(F)(F)C(F)(F)C(F)(F)F. The van der Waals surface area contributed by atoms with Crippen molar-refractivity contribution in [1.29, 1.82) is 0 Å². The van der Waals surface area contributed by atoms with Crippen molar-refractivity contribution < 1.29 is 124 Å². The van der Waals surface area contributed by atoms with E-state index in [1.54, 1.807) is 0 Å². The van der Waals surface area contributed by atoms with Gasteiger partial charge in [-0.05, 0) is 37.0 Å². The molecular formula is C22H11F27O. The molecule has 0 saturated carbocycles. The van der Waals surface area contributed by atoms with Gasteiger partial charge in [0.25, 0.3) is 0 Å². The summed E-state index contributed by atoms with van der Waals surface area (Å²) in [5.74, 6) is -73.6. The van der Waals surface area contributed by atoms with Gasteiger partial charge in [0.2, 0.25) is 0 Å². The zero-order chi connectivity index (χ0) is 40.6. The lowest BCUT2D eigenvalue weighted by molar-refractivity contribution is -0.401. The maximum Gasteiger partial charge on any atom is 0.460 e. The number of aliphatic hydroxyl groups excluding tert-OH is 1. The minimum Gasteiger partial charge on any atom is -0.396 e. The summed E-state index contributed by atoms with van der Waals surface area (Å²) in [5, 5.41) is 8.71. The molecule has 0 amide bonds. The molecule has 0 aromatic heterocycles. The molecular weight excluding hydrogens is 793 g/mol. The number of alkyl halides is 27. The van der Waals surface area contributed by atoms with Crippen LogP contribution in [0, 0.1) is 0 Å². The van der Waals surface area contributed by atoms with E-state index in [9.17, 15) is 101 Å². The summed E-state index contributed by atoms with van der Waals surface area (Å²) in [6.07, 6.45) is -29.0. The van der Waals surface area contributed by atoms with Crippen molar-refractivity contribution in [2.75, 3.05) is 6.61 Å². The van der Waals surface area contributed by atoms with Gasteiger partial charge in [0.05, 0.1) is 0 Å². The number of halogens is 27. The first-order valence-electron chi connectivity index (χ1n) is 11.9. The predicted molar refractivity (Wildman–Crippen MR) is 106 cm³/mol. The molecule has 1 aromatic rings. The Morgan fingerprint density at radius 2 is 0.620 bits per heavy atom. The Morgan fingerprint density at radius 3 is 0.860 bits per heavy atom. The van der Waals surface area contributed by atoms with Crippen LogP contribution in [0.3, 0.4) is 0 Å². The van der Waals surface area contributed by atoms with Crippen LogP contribution in [0.1, 0.15) is 35.1 Å². The van der Waals surface area contributed by atoms with Gasteiger partial charge in [-0.15, -0.1) is 0 Å². The van der Waals surface area contributed by atoms with Crippen LogP contribution in [0.4, 0.5) is 119 Å². The highest BCUT2D eigenvalue weighted by molar-refractivity contribution is 5.48. The molecule has 1 N–H and O–H groups in total. The Labute approximate surface area is 257 Å². The van der Waals surface area contributed by atoms with Gasteiger partial charge >= 0.3 is 71.8 Å². The highest BCUT2D eigenvalue weighted by Crippen LogP contribution is 2.63.